The van der Waals surface area contributed by atoms with Gasteiger partial charge in [-0.2, -0.15) is 0 Å². The van der Waals surface area contributed by atoms with Gasteiger partial charge in [0.15, 0.2) is 6.10 Å². The monoisotopic (exact) mass is 266 g/mol. The summed E-state index contributed by atoms with van der Waals surface area (Å²) in [5.41, 5.74) is 1.89. The van der Waals surface area contributed by atoms with E-state index in [4.69, 9.17) is 9.47 Å². The molecule has 0 aromatic heterocycles. The average molecular weight is 266 g/mol. The van der Waals surface area contributed by atoms with E-state index in [-0.39, 0.29) is 12.1 Å². The fourth-order valence-corrected chi connectivity index (χ4v) is 2.14. The lowest BCUT2D eigenvalue weighted by molar-refractivity contribution is -0.143. The van der Waals surface area contributed by atoms with E-state index in [0.29, 0.717) is 6.61 Å². The molecule has 0 fully saturated rings. The van der Waals surface area contributed by atoms with E-state index in [1.165, 1.54) is 6.08 Å². The molecule has 0 aliphatic carbocycles. The van der Waals surface area contributed by atoms with Crippen LogP contribution in [0.1, 0.15) is 17.2 Å². The second-order valence-electron chi connectivity index (χ2n) is 4.52. The van der Waals surface area contributed by atoms with Gasteiger partial charge in [0, 0.05) is 11.6 Å². The molecule has 3 rings (SSSR count). The highest BCUT2D eigenvalue weighted by molar-refractivity contribution is 5.87. The van der Waals surface area contributed by atoms with Gasteiger partial charge >= 0.3 is 5.97 Å². The summed E-state index contributed by atoms with van der Waals surface area (Å²) in [6.07, 6.45) is 2.86. The maximum Gasteiger partial charge on any atom is 0.331 e. The van der Waals surface area contributed by atoms with Gasteiger partial charge in [0.05, 0.1) is 0 Å². The molecule has 2 aromatic carbocycles. The second kappa shape index (κ2) is 5.61. The quantitative estimate of drug-likeness (QED) is 0.631. The van der Waals surface area contributed by atoms with Gasteiger partial charge in [0.2, 0.25) is 0 Å². The molecule has 2 aromatic rings. The molecule has 3 nitrogen and oxygen atoms in total. The zero-order valence-electron chi connectivity index (χ0n) is 10.9. The Morgan fingerprint density at radius 2 is 1.85 bits per heavy atom. The number of benzene rings is 2. The first-order chi connectivity index (χ1) is 9.83. The highest BCUT2D eigenvalue weighted by Gasteiger charge is 2.26. The molecule has 0 bridgehead atoms. The molecule has 3 heteroatoms. The van der Waals surface area contributed by atoms with Crippen LogP contribution >= 0.6 is 0 Å². The maximum atomic E-state index is 11.8. The third-order valence-corrected chi connectivity index (χ3v) is 3.13. The first kappa shape index (κ1) is 12.5. The molecule has 0 spiro atoms. The van der Waals surface area contributed by atoms with Gasteiger partial charge in [0.1, 0.15) is 12.4 Å². The van der Waals surface area contributed by atoms with E-state index < -0.39 is 0 Å². The predicted octanol–water partition coefficient (Wildman–Crippen LogP) is 3.38. The topological polar surface area (TPSA) is 35.5 Å². The van der Waals surface area contributed by atoms with Crippen LogP contribution in [0.15, 0.2) is 60.7 Å². The first-order valence-electron chi connectivity index (χ1n) is 6.48. The van der Waals surface area contributed by atoms with Gasteiger partial charge < -0.3 is 9.47 Å². The molecule has 0 amide bonds. The van der Waals surface area contributed by atoms with E-state index in [9.17, 15) is 4.79 Å². The minimum Gasteiger partial charge on any atom is -0.489 e. The number of hydrogen-bond acceptors (Lipinski definition) is 3. The normalized spacial score (nSPS) is 16.7. The maximum absolute atomic E-state index is 11.8. The Morgan fingerprint density at radius 1 is 1.10 bits per heavy atom. The van der Waals surface area contributed by atoms with Crippen molar-refractivity contribution in [1.29, 1.82) is 0 Å². The molecular weight excluding hydrogens is 252 g/mol. The average Bonchev–Trinajstić information content (AvgIpc) is 2.90. The summed E-state index contributed by atoms with van der Waals surface area (Å²) < 4.78 is 10.9. The molecule has 1 unspecified atom stereocenters. The van der Waals surface area contributed by atoms with Crippen molar-refractivity contribution in [1.82, 2.24) is 0 Å². The van der Waals surface area contributed by atoms with Gasteiger partial charge in [-0.05, 0) is 17.7 Å². The molecule has 1 atom stereocenters. The number of carbonyl (C=O) groups excluding carboxylic acids is 1. The number of rotatable bonds is 3. The Morgan fingerprint density at radius 3 is 2.70 bits per heavy atom. The third-order valence-electron chi connectivity index (χ3n) is 3.13. The van der Waals surface area contributed by atoms with Crippen molar-refractivity contribution in [2.75, 3.05) is 6.61 Å². The standard InChI is InChI=1S/C17H14O3/c18-17(11-10-13-6-2-1-3-7-13)20-16-12-19-15-9-5-4-8-14(15)16/h1-11,16H,12H2/b11-10+. The number of fused-ring (bicyclic) bond motifs is 1. The van der Waals surface area contributed by atoms with Crippen LogP contribution in [-0.4, -0.2) is 12.6 Å². The number of esters is 1. The van der Waals surface area contributed by atoms with Gasteiger partial charge in [-0.15, -0.1) is 0 Å². The molecule has 1 aliphatic heterocycles. The van der Waals surface area contributed by atoms with Crippen LogP contribution in [0.25, 0.3) is 6.08 Å². The van der Waals surface area contributed by atoms with E-state index in [1.807, 2.05) is 54.6 Å². The van der Waals surface area contributed by atoms with Crippen molar-refractivity contribution in [3.63, 3.8) is 0 Å². The van der Waals surface area contributed by atoms with Crippen LogP contribution in [0.2, 0.25) is 0 Å². The van der Waals surface area contributed by atoms with E-state index in [1.54, 1.807) is 6.08 Å². The van der Waals surface area contributed by atoms with Crippen LogP contribution in [0.3, 0.4) is 0 Å². The highest BCUT2D eigenvalue weighted by atomic mass is 16.6. The van der Waals surface area contributed by atoms with Crippen LogP contribution in [-0.2, 0) is 9.53 Å². The van der Waals surface area contributed by atoms with E-state index in [0.717, 1.165) is 16.9 Å². The molecule has 20 heavy (non-hydrogen) atoms. The molecule has 0 saturated carbocycles. The van der Waals surface area contributed by atoms with E-state index in [2.05, 4.69) is 0 Å². The molecule has 100 valence electrons. The summed E-state index contributed by atoms with van der Waals surface area (Å²) in [7, 11) is 0. The van der Waals surface area contributed by atoms with Crippen molar-refractivity contribution in [2.45, 2.75) is 6.10 Å². The lowest BCUT2D eigenvalue weighted by Crippen LogP contribution is -2.10. The number of para-hydroxylation sites is 1. The van der Waals surface area contributed by atoms with Crippen molar-refractivity contribution >= 4 is 12.0 Å². The SMILES string of the molecule is O=C(/C=C/c1ccccc1)OC1COc2ccccc21. The Bertz CT molecular complexity index is 632. The molecule has 1 heterocycles. The van der Waals surface area contributed by atoms with Gasteiger partial charge in [-0.1, -0.05) is 48.5 Å². The minimum absolute atomic E-state index is 0.320. The lowest BCUT2D eigenvalue weighted by atomic mass is 10.1. The summed E-state index contributed by atoms with van der Waals surface area (Å²) >= 11 is 0. The zero-order valence-corrected chi connectivity index (χ0v) is 10.9. The summed E-state index contributed by atoms with van der Waals surface area (Å²) in [5.74, 6) is 0.427. The fraction of sp³-hybridized carbons (Fsp3) is 0.118. The predicted molar refractivity (Wildman–Crippen MR) is 76.2 cm³/mol. The summed E-state index contributed by atoms with van der Waals surface area (Å²) in [6, 6.07) is 17.2. The molecule has 0 saturated heterocycles. The van der Waals surface area contributed by atoms with Gasteiger partial charge in [0.25, 0.3) is 0 Å². The summed E-state index contributed by atoms with van der Waals surface area (Å²) in [5, 5.41) is 0. The Hall–Kier alpha value is -2.55. The molecular formula is C17H14O3. The Labute approximate surface area is 117 Å². The molecule has 0 N–H and O–H groups in total. The van der Waals surface area contributed by atoms with Gasteiger partial charge in [-0.25, -0.2) is 4.79 Å². The molecule has 0 radical (unpaired) electrons. The number of ether oxygens (including phenoxy) is 2. The zero-order chi connectivity index (χ0) is 13.8. The number of carbonyl (C=O) groups is 1. The lowest BCUT2D eigenvalue weighted by Gasteiger charge is -2.08. The number of hydrogen-bond donors (Lipinski definition) is 0. The Balaban J connectivity index is 1.65. The Kier molecular flexibility index (Phi) is 3.50. The largest absolute Gasteiger partial charge is 0.489 e. The van der Waals surface area contributed by atoms with Crippen molar-refractivity contribution in [2.24, 2.45) is 0 Å². The first-order valence-corrected chi connectivity index (χ1v) is 6.48. The van der Waals surface area contributed by atoms with E-state index >= 15 is 0 Å². The van der Waals surface area contributed by atoms with Crippen molar-refractivity contribution in [3.8, 4) is 5.75 Å². The van der Waals surface area contributed by atoms with Crippen LogP contribution < -0.4 is 4.74 Å². The second-order valence-corrected chi connectivity index (χ2v) is 4.52. The summed E-state index contributed by atoms with van der Waals surface area (Å²) in [6.45, 7) is 0.379. The van der Waals surface area contributed by atoms with Crippen molar-refractivity contribution < 1.29 is 14.3 Å². The van der Waals surface area contributed by atoms with Crippen LogP contribution in [0.4, 0.5) is 0 Å². The van der Waals surface area contributed by atoms with Crippen LogP contribution in [0, 0.1) is 0 Å². The fourth-order valence-electron chi connectivity index (χ4n) is 2.14. The summed E-state index contributed by atoms with van der Waals surface area (Å²) in [4.78, 5) is 11.8. The van der Waals surface area contributed by atoms with Crippen LogP contribution in [0.5, 0.6) is 5.75 Å². The highest BCUT2D eigenvalue weighted by Crippen LogP contribution is 2.34. The third kappa shape index (κ3) is 2.72. The molecule has 1 aliphatic rings. The van der Waals surface area contributed by atoms with Gasteiger partial charge in [-0.3, -0.25) is 0 Å². The van der Waals surface area contributed by atoms with Crippen molar-refractivity contribution in [3.05, 3.63) is 71.8 Å². The minimum atomic E-state index is -0.362. The smallest absolute Gasteiger partial charge is 0.331 e.